The van der Waals surface area contributed by atoms with Gasteiger partial charge in [-0.2, -0.15) is 0 Å². The third kappa shape index (κ3) is 2.59. The minimum Gasteiger partial charge on any atom is -0.422 e. The molecule has 138 valence electrons. The molecule has 4 heteroatoms. The summed E-state index contributed by atoms with van der Waals surface area (Å²) in [5.74, 6) is 0.529. The number of rotatable bonds is 4. The minimum absolute atomic E-state index is 0.0921. The second-order valence-electron chi connectivity index (χ2n) is 7.79. The summed E-state index contributed by atoms with van der Waals surface area (Å²) in [6.07, 6.45) is 4.20. The number of carbonyl (C=O) groups is 2. The molecular weight excluding hydrogens is 340 g/mol. The van der Waals surface area contributed by atoms with Crippen molar-refractivity contribution in [3.63, 3.8) is 0 Å². The van der Waals surface area contributed by atoms with Gasteiger partial charge in [0.2, 0.25) is 0 Å². The van der Waals surface area contributed by atoms with E-state index in [9.17, 15) is 9.59 Å². The largest absolute Gasteiger partial charge is 0.422 e. The summed E-state index contributed by atoms with van der Waals surface area (Å²) in [4.78, 5) is 24.4. The van der Waals surface area contributed by atoms with E-state index in [0.717, 1.165) is 41.2 Å². The lowest BCUT2D eigenvalue weighted by Gasteiger charge is -2.29. The van der Waals surface area contributed by atoms with Crippen LogP contribution < -0.4 is 9.47 Å². The highest BCUT2D eigenvalue weighted by molar-refractivity contribution is 6.01. The van der Waals surface area contributed by atoms with Gasteiger partial charge in [-0.1, -0.05) is 44.3 Å². The highest BCUT2D eigenvalue weighted by Crippen LogP contribution is 2.64. The summed E-state index contributed by atoms with van der Waals surface area (Å²) in [6, 6.07) is 7.58. The van der Waals surface area contributed by atoms with E-state index in [1.54, 1.807) is 6.92 Å². The first-order valence-electron chi connectivity index (χ1n) is 9.16. The molecule has 0 radical (unpaired) electrons. The van der Waals surface area contributed by atoms with Crippen LogP contribution >= 0.6 is 0 Å². The molecule has 4 nitrogen and oxygen atoms in total. The molecule has 2 atom stereocenters. The topological polar surface area (TPSA) is 52.6 Å². The minimum atomic E-state index is -0.486. The Morgan fingerprint density at radius 1 is 1.19 bits per heavy atom. The Morgan fingerprint density at radius 3 is 2.48 bits per heavy atom. The monoisotopic (exact) mass is 362 g/mol. The van der Waals surface area contributed by atoms with Crippen LogP contribution in [0.1, 0.15) is 50.2 Å². The Labute approximate surface area is 158 Å². The van der Waals surface area contributed by atoms with Crippen LogP contribution in [0, 0.1) is 0 Å². The van der Waals surface area contributed by atoms with Crippen molar-refractivity contribution in [1.29, 1.82) is 0 Å². The molecule has 2 aromatic rings. The van der Waals surface area contributed by atoms with Crippen molar-refractivity contribution in [3.05, 3.63) is 60.2 Å². The number of ether oxygens (including phenoxy) is 2. The summed E-state index contributed by atoms with van der Waals surface area (Å²) in [7, 11) is 0. The quantitative estimate of drug-likeness (QED) is 0.439. The van der Waals surface area contributed by atoms with Crippen molar-refractivity contribution in [3.8, 4) is 11.5 Å². The van der Waals surface area contributed by atoms with Crippen molar-refractivity contribution >= 4 is 22.7 Å². The number of hydrogen-bond donors (Lipinski definition) is 0. The van der Waals surface area contributed by atoms with Crippen LogP contribution in [0.15, 0.2) is 49.1 Å². The lowest BCUT2D eigenvalue weighted by atomic mass is 9.78. The smallest absolute Gasteiger partial charge is 0.338 e. The third-order valence-corrected chi connectivity index (χ3v) is 5.82. The molecule has 0 N–H and O–H groups in total. The first kappa shape index (κ1) is 17.5. The molecular formula is C23H22O4. The van der Waals surface area contributed by atoms with E-state index in [0.29, 0.717) is 23.0 Å². The average Bonchev–Trinajstić information content (AvgIpc) is 3.18. The van der Waals surface area contributed by atoms with E-state index >= 15 is 0 Å². The van der Waals surface area contributed by atoms with Gasteiger partial charge < -0.3 is 9.47 Å². The fourth-order valence-electron chi connectivity index (χ4n) is 4.64. The molecule has 27 heavy (non-hydrogen) atoms. The maximum Gasteiger partial charge on any atom is 0.338 e. The molecule has 0 saturated heterocycles. The Balaban J connectivity index is 2.05. The highest BCUT2D eigenvalue weighted by Gasteiger charge is 2.50. The Morgan fingerprint density at radius 2 is 1.85 bits per heavy atom. The van der Waals surface area contributed by atoms with Crippen LogP contribution in [-0.4, -0.2) is 11.9 Å². The standard InChI is InChI=1S/C23H22O4/c1-5-17(24)26-21-16-9-7-6-8-15(16)20(27-22(25)13(2)3)18-14-10-11-23(4,12-14)19(18)21/h5-9,14H,1-2,10-12H2,3-4H3. The van der Waals surface area contributed by atoms with E-state index in [4.69, 9.17) is 9.47 Å². The lowest BCUT2D eigenvalue weighted by molar-refractivity contribution is -0.130. The Kier molecular flexibility index (Phi) is 3.95. The summed E-state index contributed by atoms with van der Waals surface area (Å²) in [5.41, 5.74) is 2.26. The maximum absolute atomic E-state index is 12.3. The number of benzene rings is 2. The van der Waals surface area contributed by atoms with Gasteiger partial charge in [-0.15, -0.1) is 0 Å². The van der Waals surface area contributed by atoms with E-state index < -0.39 is 11.9 Å². The van der Waals surface area contributed by atoms with E-state index in [1.165, 1.54) is 6.08 Å². The van der Waals surface area contributed by atoms with Gasteiger partial charge in [0.15, 0.2) is 0 Å². The second-order valence-corrected chi connectivity index (χ2v) is 7.79. The zero-order valence-corrected chi connectivity index (χ0v) is 15.6. The maximum atomic E-state index is 12.3. The summed E-state index contributed by atoms with van der Waals surface area (Å²) in [5, 5.41) is 1.54. The fraction of sp³-hybridized carbons (Fsp3) is 0.304. The molecule has 0 amide bonds. The summed E-state index contributed by atoms with van der Waals surface area (Å²) < 4.78 is 11.5. The number of hydrogen-bond acceptors (Lipinski definition) is 4. The van der Waals surface area contributed by atoms with Gasteiger partial charge in [-0.3, -0.25) is 0 Å². The van der Waals surface area contributed by atoms with Crippen molar-refractivity contribution in [2.24, 2.45) is 0 Å². The number of carbonyl (C=O) groups excluding carboxylic acids is 2. The SMILES string of the molecule is C=CC(=O)Oc1c2c(c(OC(=O)C(=C)C)c3ccccc13)C1CCC2(C)C1. The van der Waals surface area contributed by atoms with Gasteiger partial charge in [-0.05, 0) is 37.5 Å². The third-order valence-electron chi connectivity index (χ3n) is 5.82. The average molecular weight is 362 g/mol. The van der Waals surface area contributed by atoms with Gasteiger partial charge in [0.05, 0.1) is 0 Å². The normalized spacial score (nSPS) is 22.4. The highest BCUT2D eigenvalue weighted by atomic mass is 16.5. The van der Waals surface area contributed by atoms with Gasteiger partial charge in [0, 0.05) is 33.5 Å². The predicted octanol–water partition coefficient (Wildman–Crippen LogP) is 4.95. The van der Waals surface area contributed by atoms with Crippen molar-refractivity contribution in [2.75, 3.05) is 0 Å². The zero-order valence-electron chi connectivity index (χ0n) is 15.6. The first-order chi connectivity index (χ1) is 12.9. The molecule has 0 aromatic heterocycles. The summed E-state index contributed by atoms with van der Waals surface area (Å²) in [6.45, 7) is 11.1. The van der Waals surface area contributed by atoms with Gasteiger partial charge in [0.25, 0.3) is 0 Å². The molecule has 2 bridgehead atoms. The summed E-state index contributed by atoms with van der Waals surface area (Å²) >= 11 is 0. The molecule has 0 aliphatic heterocycles. The van der Waals surface area contributed by atoms with Crippen molar-refractivity contribution in [1.82, 2.24) is 0 Å². The van der Waals surface area contributed by atoms with Gasteiger partial charge in [0.1, 0.15) is 11.5 Å². The van der Waals surface area contributed by atoms with Crippen LogP contribution in [0.3, 0.4) is 0 Å². The Bertz CT molecular complexity index is 1020. The zero-order chi connectivity index (χ0) is 19.3. The van der Waals surface area contributed by atoms with Crippen LogP contribution in [0.4, 0.5) is 0 Å². The number of esters is 2. The Hall–Kier alpha value is -2.88. The molecule has 1 fully saturated rings. The van der Waals surface area contributed by atoms with Crippen molar-refractivity contribution < 1.29 is 19.1 Å². The van der Waals surface area contributed by atoms with Crippen LogP contribution in [-0.2, 0) is 15.0 Å². The first-order valence-corrected chi connectivity index (χ1v) is 9.16. The van der Waals surface area contributed by atoms with Crippen LogP contribution in [0.5, 0.6) is 11.5 Å². The molecule has 2 unspecified atom stereocenters. The van der Waals surface area contributed by atoms with E-state index in [1.807, 2.05) is 24.3 Å². The molecule has 2 aliphatic rings. The molecule has 0 spiro atoms. The van der Waals surface area contributed by atoms with Gasteiger partial charge >= 0.3 is 11.9 Å². The molecule has 2 aromatic carbocycles. The molecule has 2 aliphatic carbocycles. The van der Waals surface area contributed by atoms with E-state index in [-0.39, 0.29) is 5.41 Å². The lowest BCUT2D eigenvalue weighted by Crippen LogP contribution is -2.20. The molecule has 1 saturated carbocycles. The molecule has 0 heterocycles. The van der Waals surface area contributed by atoms with Crippen LogP contribution in [0.25, 0.3) is 10.8 Å². The van der Waals surface area contributed by atoms with Gasteiger partial charge in [-0.25, -0.2) is 9.59 Å². The molecule has 4 rings (SSSR count). The number of fused-ring (bicyclic) bond motifs is 6. The van der Waals surface area contributed by atoms with Crippen molar-refractivity contribution in [2.45, 2.75) is 44.4 Å². The van der Waals surface area contributed by atoms with Crippen LogP contribution in [0.2, 0.25) is 0 Å². The second kappa shape index (κ2) is 6.08. The fourth-order valence-corrected chi connectivity index (χ4v) is 4.64. The predicted molar refractivity (Wildman–Crippen MR) is 104 cm³/mol. The van der Waals surface area contributed by atoms with E-state index in [2.05, 4.69) is 20.1 Å².